The monoisotopic (exact) mass is 186 g/mol. The van der Waals surface area contributed by atoms with E-state index in [1.807, 2.05) is 0 Å². The molecular weight excluding hydrogens is 164 g/mol. The van der Waals surface area contributed by atoms with Crippen molar-refractivity contribution in [1.29, 1.82) is 0 Å². The van der Waals surface area contributed by atoms with Crippen molar-refractivity contribution < 1.29 is 0 Å². The largest absolute Gasteiger partial charge is 0.176 e. The normalized spacial score (nSPS) is 33.0. The third kappa shape index (κ3) is 3.01. The van der Waals surface area contributed by atoms with Crippen LogP contribution >= 0.6 is 12.6 Å². The molecule has 0 aromatic rings. The standard InChI is InChI=1S/C11H22S/c1-11(2,3)9-5-4-6-10(12)8-7-9/h9-10,12H,4-8H2,1-3H3. The summed E-state index contributed by atoms with van der Waals surface area (Å²) in [6.07, 6.45) is 6.84. The van der Waals surface area contributed by atoms with E-state index in [1.165, 1.54) is 32.1 Å². The van der Waals surface area contributed by atoms with Crippen molar-refractivity contribution in [2.24, 2.45) is 11.3 Å². The summed E-state index contributed by atoms with van der Waals surface area (Å²) >= 11 is 4.57. The lowest BCUT2D eigenvalue weighted by atomic mass is 9.76. The van der Waals surface area contributed by atoms with Gasteiger partial charge >= 0.3 is 0 Å². The van der Waals surface area contributed by atoms with Gasteiger partial charge in [0.15, 0.2) is 0 Å². The molecule has 2 atom stereocenters. The molecule has 1 aliphatic rings. The minimum atomic E-state index is 0.512. The molecule has 0 N–H and O–H groups in total. The number of thiol groups is 1. The lowest BCUT2D eigenvalue weighted by Gasteiger charge is -2.29. The highest BCUT2D eigenvalue weighted by molar-refractivity contribution is 7.80. The Morgan fingerprint density at radius 1 is 1.00 bits per heavy atom. The second kappa shape index (κ2) is 4.04. The van der Waals surface area contributed by atoms with Crippen LogP contribution in [0.3, 0.4) is 0 Å². The molecule has 1 fully saturated rings. The highest BCUT2D eigenvalue weighted by Gasteiger charge is 2.26. The van der Waals surface area contributed by atoms with Gasteiger partial charge in [0.2, 0.25) is 0 Å². The van der Waals surface area contributed by atoms with Crippen molar-refractivity contribution in [2.45, 2.75) is 58.1 Å². The Balaban J connectivity index is 2.46. The van der Waals surface area contributed by atoms with Gasteiger partial charge in [-0.3, -0.25) is 0 Å². The third-order valence-electron chi connectivity index (χ3n) is 3.16. The molecule has 72 valence electrons. The molecule has 0 aromatic heterocycles. The Hall–Kier alpha value is 0.350. The van der Waals surface area contributed by atoms with E-state index in [1.54, 1.807) is 0 Å². The van der Waals surface area contributed by atoms with Crippen LogP contribution in [0.1, 0.15) is 52.9 Å². The van der Waals surface area contributed by atoms with Gasteiger partial charge in [0, 0.05) is 5.25 Å². The molecule has 0 spiro atoms. The van der Waals surface area contributed by atoms with Crippen LogP contribution in [0.2, 0.25) is 0 Å². The topological polar surface area (TPSA) is 0 Å². The van der Waals surface area contributed by atoms with Gasteiger partial charge in [-0.15, -0.1) is 0 Å². The summed E-state index contributed by atoms with van der Waals surface area (Å²) in [6.45, 7) is 7.11. The maximum atomic E-state index is 4.57. The molecular formula is C11H22S. The first-order valence-electron chi connectivity index (χ1n) is 5.18. The van der Waals surface area contributed by atoms with Crippen molar-refractivity contribution >= 4 is 12.6 Å². The molecule has 12 heavy (non-hydrogen) atoms. The van der Waals surface area contributed by atoms with Crippen LogP contribution in [-0.2, 0) is 0 Å². The summed E-state index contributed by atoms with van der Waals surface area (Å²) in [5.74, 6) is 0.926. The summed E-state index contributed by atoms with van der Waals surface area (Å²) in [4.78, 5) is 0. The molecule has 0 amide bonds. The molecule has 1 heteroatoms. The van der Waals surface area contributed by atoms with Gasteiger partial charge in [-0.05, 0) is 37.0 Å². The van der Waals surface area contributed by atoms with E-state index in [4.69, 9.17) is 0 Å². The fraction of sp³-hybridized carbons (Fsp3) is 1.00. The second-order valence-corrected chi connectivity index (χ2v) is 5.96. The zero-order valence-electron chi connectivity index (χ0n) is 8.64. The van der Waals surface area contributed by atoms with Gasteiger partial charge in [-0.1, -0.05) is 27.2 Å². The van der Waals surface area contributed by atoms with E-state index in [-0.39, 0.29) is 0 Å². The fourth-order valence-electron chi connectivity index (χ4n) is 2.15. The maximum absolute atomic E-state index is 4.57. The first-order chi connectivity index (χ1) is 5.50. The Morgan fingerprint density at radius 2 is 1.67 bits per heavy atom. The number of hydrogen-bond donors (Lipinski definition) is 1. The van der Waals surface area contributed by atoms with E-state index in [2.05, 4.69) is 33.4 Å². The van der Waals surface area contributed by atoms with Crippen LogP contribution in [-0.4, -0.2) is 5.25 Å². The summed E-state index contributed by atoms with van der Waals surface area (Å²) in [5.41, 5.74) is 0.512. The SMILES string of the molecule is CC(C)(C)C1CCCC(S)CC1. The maximum Gasteiger partial charge on any atom is 0.00169 e. The van der Waals surface area contributed by atoms with Gasteiger partial charge in [0.1, 0.15) is 0 Å². The molecule has 1 aliphatic carbocycles. The molecule has 1 saturated carbocycles. The van der Waals surface area contributed by atoms with Gasteiger partial charge in [0.05, 0.1) is 0 Å². The summed E-state index contributed by atoms with van der Waals surface area (Å²) in [7, 11) is 0. The van der Waals surface area contributed by atoms with Crippen LogP contribution < -0.4 is 0 Å². The molecule has 0 bridgehead atoms. The van der Waals surface area contributed by atoms with Crippen LogP contribution in [0, 0.1) is 11.3 Å². The average molecular weight is 186 g/mol. The molecule has 0 aromatic carbocycles. The van der Waals surface area contributed by atoms with E-state index in [9.17, 15) is 0 Å². The minimum Gasteiger partial charge on any atom is -0.176 e. The van der Waals surface area contributed by atoms with E-state index in [0.29, 0.717) is 10.7 Å². The zero-order valence-corrected chi connectivity index (χ0v) is 9.53. The van der Waals surface area contributed by atoms with Crippen LogP contribution in [0.4, 0.5) is 0 Å². The van der Waals surface area contributed by atoms with E-state index >= 15 is 0 Å². The van der Waals surface area contributed by atoms with Crippen molar-refractivity contribution in [3.05, 3.63) is 0 Å². The van der Waals surface area contributed by atoms with Crippen molar-refractivity contribution in [2.75, 3.05) is 0 Å². The first kappa shape index (κ1) is 10.4. The highest BCUT2D eigenvalue weighted by atomic mass is 32.1. The van der Waals surface area contributed by atoms with Crippen LogP contribution in [0.25, 0.3) is 0 Å². The predicted octanol–water partition coefficient (Wildman–Crippen LogP) is 3.91. The summed E-state index contributed by atoms with van der Waals surface area (Å²) in [6, 6.07) is 0. The fourth-order valence-corrected chi connectivity index (χ4v) is 2.48. The van der Waals surface area contributed by atoms with Gasteiger partial charge < -0.3 is 0 Å². The molecule has 0 radical (unpaired) electrons. The first-order valence-corrected chi connectivity index (χ1v) is 5.70. The molecule has 0 saturated heterocycles. The summed E-state index contributed by atoms with van der Waals surface area (Å²) < 4.78 is 0. The van der Waals surface area contributed by atoms with Crippen molar-refractivity contribution in [3.8, 4) is 0 Å². The second-order valence-electron chi connectivity index (χ2n) is 5.23. The lowest BCUT2D eigenvalue weighted by Crippen LogP contribution is -2.19. The zero-order chi connectivity index (χ0) is 9.19. The molecule has 0 nitrogen and oxygen atoms in total. The van der Waals surface area contributed by atoms with Crippen LogP contribution in [0.5, 0.6) is 0 Å². The van der Waals surface area contributed by atoms with Crippen molar-refractivity contribution in [1.82, 2.24) is 0 Å². The third-order valence-corrected chi connectivity index (χ3v) is 3.68. The quantitative estimate of drug-likeness (QED) is 0.430. The van der Waals surface area contributed by atoms with Crippen molar-refractivity contribution in [3.63, 3.8) is 0 Å². The van der Waals surface area contributed by atoms with Gasteiger partial charge in [-0.25, -0.2) is 0 Å². The predicted molar refractivity (Wildman–Crippen MR) is 58.8 cm³/mol. The average Bonchev–Trinajstić information content (AvgIpc) is 2.11. The number of hydrogen-bond acceptors (Lipinski definition) is 1. The Morgan fingerprint density at radius 3 is 2.25 bits per heavy atom. The van der Waals surface area contributed by atoms with E-state index in [0.717, 1.165) is 5.92 Å². The van der Waals surface area contributed by atoms with Gasteiger partial charge in [0.25, 0.3) is 0 Å². The molecule has 1 rings (SSSR count). The molecule has 2 unspecified atom stereocenters. The smallest absolute Gasteiger partial charge is 0.00169 e. The molecule has 0 aliphatic heterocycles. The minimum absolute atomic E-state index is 0.512. The van der Waals surface area contributed by atoms with Crippen LogP contribution in [0.15, 0.2) is 0 Å². The Kier molecular flexibility index (Phi) is 3.51. The van der Waals surface area contributed by atoms with E-state index < -0.39 is 0 Å². The Bertz CT molecular complexity index is 134. The Labute approximate surface area is 82.5 Å². The van der Waals surface area contributed by atoms with Gasteiger partial charge in [-0.2, -0.15) is 12.6 Å². The number of rotatable bonds is 0. The highest BCUT2D eigenvalue weighted by Crippen LogP contribution is 2.37. The lowest BCUT2D eigenvalue weighted by molar-refractivity contribution is 0.215. The summed E-state index contributed by atoms with van der Waals surface area (Å²) in [5, 5.41) is 0.678. The molecule has 0 heterocycles.